The number of carbonyl (C=O) groups is 2. The van der Waals surface area contributed by atoms with Crippen LogP contribution in [0.15, 0.2) is 35.9 Å². The van der Waals surface area contributed by atoms with E-state index in [9.17, 15) is 9.59 Å². The van der Waals surface area contributed by atoms with Gasteiger partial charge in [-0.05, 0) is 81.7 Å². The van der Waals surface area contributed by atoms with Gasteiger partial charge in [0.25, 0.3) is 0 Å². The first-order chi connectivity index (χ1) is 15.1. The average Bonchev–Trinajstić information content (AvgIpc) is 2.79. The Balaban J connectivity index is 1.31. The van der Waals surface area contributed by atoms with E-state index in [4.69, 9.17) is 4.74 Å². The van der Waals surface area contributed by atoms with Crippen molar-refractivity contribution in [1.82, 2.24) is 9.80 Å². The lowest BCUT2D eigenvalue weighted by atomic mass is 9.68. The lowest BCUT2D eigenvalue weighted by Gasteiger charge is -2.54. The number of anilines is 1. The van der Waals surface area contributed by atoms with Crippen LogP contribution in [0.1, 0.15) is 55.8 Å². The first kappa shape index (κ1) is 20.6. The van der Waals surface area contributed by atoms with Gasteiger partial charge in [0.05, 0.1) is 18.2 Å². The minimum atomic E-state index is -0.337. The number of hydrogen-bond acceptors (Lipinski definition) is 4. The molecule has 2 bridgehead atoms. The van der Waals surface area contributed by atoms with Crippen LogP contribution < -0.4 is 5.32 Å². The molecular weight excluding hydrogens is 390 g/mol. The maximum atomic E-state index is 13.3. The zero-order chi connectivity index (χ0) is 21.4. The third-order valence-corrected chi connectivity index (χ3v) is 7.57. The van der Waals surface area contributed by atoms with Gasteiger partial charge in [-0.2, -0.15) is 0 Å². The van der Waals surface area contributed by atoms with Gasteiger partial charge >= 0.3 is 12.0 Å². The van der Waals surface area contributed by atoms with Crippen molar-refractivity contribution in [3.8, 4) is 0 Å². The smallest absolute Gasteiger partial charge is 0.338 e. The molecule has 2 amide bonds. The molecule has 0 spiro atoms. The topological polar surface area (TPSA) is 61.9 Å². The zero-order valence-corrected chi connectivity index (χ0v) is 18.4. The average molecular weight is 424 g/mol. The Morgan fingerprint density at radius 3 is 2.77 bits per heavy atom. The third kappa shape index (κ3) is 3.98. The van der Waals surface area contributed by atoms with Gasteiger partial charge in [-0.25, -0.2) is 9.59 Å². The van der Waals surface area contributed by atoms with Gasteiger partial charge < -0.3 is 15.0 Å². The quantitative estimate of drug-likeness (QED) is 0.582. The van der Waals surface area contributed by atoms with E-state index >= 15 is 0 Å². The number of nitrogens with zero attached hydrogens (tertiary/aromatic N) is 2. The summed E-state index contributed by atoms with van der Waals surface area (Å²) < 4.78 is 5.03. The number of ether oxygens (including phenoxy) is 1. The number of nitrogens with one attached hydrogen (secondary N) is 1. The predicted molar refractivity (Wildman–Crippen MR) is 120 cm³/mol. The van der Waals surface area contributed by atoms with E-state index < -0.39 is 0 Å². The summed E-state index contributed by atoms with van der Waals surface area (Å²) in [6.45, 7) is 5.29. The summed E-state index contributed by atoms with van der Waals surface area (Å²) in [5, 5.41) is 3.07. The molecule has 1 N–H and O–H groups in total. The van der Waals surface area contributed by atoms with Crippen LogP contribution in [0.3, 0.4) is 0 Å². The van der Waals surface area contributed by atoms with E-state index in [1.54, 1.807) is 31.2 Å². The molecule has 3 heterocycles. The fraction of sp³-hybridized carbons (Fsp3) is 0.600. The lowest BCUT2D eigenvalue weighted by molar-refractivity contribution is 0.00908. The van der Waals surface area contributed by atoms with Gasteiger partial charge in [0.15, 0.2) is 0 Å². The van der Waals surface area contributed by atoms with E-state index in [0.29, 0.717) is 29.7 Å². The van der Waals surface area contributed by atoms with Crippen molar-refractivity contribution in [3.63, 3.8) is 0 Å². The van der Waals surface area contributed by atoms with Gasteiger partial charge in [0, 0.05) is 24.8 Å². The molecule has 166 valence electrons. The number of rotatable bonds is 3. The Kier molecular flexibility index (Phi) is 5.74. The molecule has 3 aliphatic heterocycles. The van der Waals surface area contributed by atoms with Crippen LogP contribution in [0.5, 0.6) is 0 Å². The molecule has 2 unspecified atom stereocenters. The van der Waals surface area contributed by atoms with Gasteiger partial charge in [-0.3, -0.25) is 4.90 Å². The molecule has 1 aliphatic carbocycles. The van der Waals surface area contributed by atoms with Crippen LogP contribution in [0, 0.1) is 11.8 Å². The van der Waals surface area contributed by atoms with Crippen LogP contribution in [0.2, 0.25) is 0 Å². The number of amides is 2. The molecule has 5 rings (SSSR count). The Morgan fingerprint density at radius 2 is 1.97 bits per heavy atom. The molecular formula is C25H33N3O3. The fourth-order valence-electron chi connectivity index (χ4n) is 6.30. The van der Waals surface area contributed by atoms with Crippen molar-refractivity contribution in [2.75, 3.05) is 31.6 Å². The molecule has 1 aromatic rings. The molecule has 4 aliphatic rings. The molecule has 0 radical (unpaired) electrons. The minimum absolute atomic E-state index is 0.0290. The lowest BCUT2D eigenvalue weighted by Crippen LogP contribution is -2.60. The SMILES string of the molecule is CCOC(=O)c1ccc(NC(=O)N2CCCC3=C[C@@H]4C[C@H](CN5CCCCC45)C32)cc1. The Morgan fingerprint density at radius 1 is 1.13 bits per heavy atom. The van der Waals surface area contributed by atoms with Crippen molar-refractivity contribution < 1.29 is 14.3 Å². The van der Waals surface area contributed by atoms with E-state index in [1.807, 2.05) is 0 Å². The van der Waals surface area contributed by atoms with Crippen molar-refractivity contribution in [3.05, 3.63) is 41.5 Å². The molecule has 0 saturated carbocycles. The molecule has 6 nitrogen and oxygen atoms in total. The van der Waals surface area contributed by atoms with Crippen molar-refractivity contribution in [2.24, 2.45) is 11.8 Å². The maximum Gasteiger partial charge on any atom is 0.338 e. The Bertz CT molecular complexity index is 865. The van der Waals surface area contributed by atoms with Crippen molar-refractivity contribution in [1.29, 1.82) is 0 Å². The first-order valence-electron chi connectivity index (χ1n) is 11.9. The number of hydrogen-bond donors (Lipinski definition) is 1. The van der Waals surface area contributed by atoms with E-state index in [2.05, 4.69) is 21.2 Å². The van der Waals surface area contributed by atoms with Gasteiger partial charge in [0.1, 0.15) is 0 Å². The highest BCUT2D eigenvalue weighted by Gasteiger charge is 2.46. The predicted octanol–water partition coefficient (Wildman–Crippen LogP) is 4.29. The highest BCUT2D eigenvalue weighted by molar-refractivity contribution is 5.92. The Labute approximate surface area is 184 Å². The first-order valence-corrected chi connectivity index (χ1v) is 11.9. The summed E-state index contributed by atoms with van der Waals surface area (Å²) in [4.78, 5) is 29.9. The molecule has 3 saturated heterocycles. The molecule has 31 heavy (non-hydrogen) atoms. The zero-order valence-electron chi connectivity index (χ0n) is 18.4. The number of urea groups is 1. The molecule has 3 fully saturated rings. The summed E-state index contributed by atoms with van der Waals surface area (Å²) in [7, 11) is 0. The highest BCUT2D eigenvalue weighted by Crippen LogP contribution is 2.45. The van der Waals surface area contributed by atoms with Crippen LogP contribution in [0.25, 0.3) is 0 Å². The summed E-state index contributed by atoms with van der Waals surface area (Å²) in [6, 6.07) is 7.89. The third-order valence-electron chi connectivity index (χ3n) is 7.57. The number of carbonyl (C=O) groups excluding carboxylic acids is 2. The minimum Gasteiger partial charge on any atom is -0.462 e. The van der Waals surface area contributed by atoms with E-state index in [0.717, 1.165) is 32.0 Å². The second kappa shape index (κ2) is 8.65. The standard InChI is InChI=1S/C25H33N3O3/c1-2-31-24(29)17-8-10-21(11-9-17)26-25(30)28-13-5-6-18-14-19-15-20(23(18)28)16-27-12-4-3-7-22(19)27/h8-11,14,19-20,22-23H,2-7,12-13,15-16H2,1H3,(H,26,30)/t19-,20-,22?,23?/m1/s1. The summed E-state index contributed by atoms with van der Waals surface area (Å²) >= 11 is 0. The second-order valence-corrected chi connectivity index (χ2v) is 9.43. The van der Waals surface area contributed by atoms with E-state index in [-0.39, 0.29) is 18.0 Å². The summed E-state index contributed by atoms with van der Waals surface area (Å²) in [5.41, 5.74) is 2.70. The monoisotopic (exact) mass is 423 g/mol. The molecule has 1 aromatic carbocycles. The highest BCUT2D eigenvalue weighted by atomic mass is 16.5. The number of fused-ring (bicyclic) bond motifs is 6. The number of likely N-dealkylation sites (tertiary alicyclic amines) is 1. The normalized spacial score (nSPS) is 30.0. The van der Waals surface area contributed by atoms with E-state index in [1.165, 1.54) is 37.8 Å². The van der Waals surface area contributed by atoms with Crippen LogP contribution >= 0.6 is 0 Å². The van der Waals surface area contributed by atoms with Crippen LogP contribution in [-0.4, -0.2) is 60.1 Å². The molecule has 6 heteroatoms. The van der Waals surface area contributed by atoms with Crippen molar-refractivity contribution in [2.45, 2.75) is 57.5 Å². The van der Waals surface area contributed by atoms with Gasteiger partial charge in [-0.1, -0.05) is 18.1 Å². The number of esters is 1. The van der Waals surface area contributed by atoms with Crippen LogP contribution in [0.4, 0.5) is 10.5 Å². The number of benzene rings is 1. The number of piperidine rings is 3. The second-order valence-electron chi connectivity index (χ2n) is 9.43. The molecule has 4 atom stereocenters. The molecule has 0 aromatic heterocycles. The van der Waals surface area contributed by atoms with Crippen molar-refractivity contribution >= 4 is 17.7 Å². The largest absolute Gasteiger partial charge is 0.462 e. The van der Waals surface area contributed by atoms with Gasteiger partial charge in [-0.15, -0.1) is 0 Å². The summed E-state index contributed by atoms with van der Waals surface area (Å²) in [5.74, 6) is 0.872. The van der Waals surface area contributed by atoms with Gasteiger partial charge in [0.2, 0.25) is 0 Å². The van der Waals surface area contributed by atoms with Crippen LogP contribution in [-0.2, 0) is 4.74 Å². The maximum absolute atomic E-state index is 13.3. The Hall–Kier alpha value is -2.34. The summed E-state index contributed by atoms with van der Waals surface area (Å²) in [6.07, 6.45) is 9.91. The fourth-order valence-corrected chi connectivity index (χ4v) is 6.30.